The number of nitrogens with zero attached hydrogens (tertiary/aromatic N) is 4. The molecule has 0 spiro atoms. The molecule has 0 N–H and O–H groups in total. The Bertz CT molecular complexity index is 918. The molecule has 2 aromatic rings. The highest BCUT2D eigenvalue weighted by Gasteiger charge is 2.32. The number of carbonyl (C=O) groups excluding carboxylic acids is 1. The number of aryl methyl sites for hydroxylation is 1. The number of carbonyl (C=O) groups is 1. The normalized spacial score (nSPS) is 16.9. The molecule has 1 aromatic heterocycles. The number of benzene rings is 1. The lowest BCUT2D eigenvalue weighted by atomic mass is 10.0. The number of allylic oxidation sites excluding steroid dienone is 1. The van der Waals surface area contributed by atoms with E-state index in [-0.39, 0.29) is 11.3 Å². The smallest absolute Gasteiger partial charge is 0.261 e. The maximum atomic E-state index is 12.4. The van der Waals surface area contributed by atoms with Crippen LogP contribution in [0.15, 0.2) is 58.2 Å². The van der Waals surface area contributed by atoms with Crippen molar-refractivity contribution in [1.29, 1.82) is 0 Å². The van der Waals surface area contributed by atoms with E-state index in [2.05, 4.69) is 40.0 Å². The first kappa shape index (κ1) is 20.1. The number of aliphatic imine (C=N–C) groups is 1. The lowest BCUT2D eigenvalue weighted by Gasteiger charge is -2.22. The van der Waals surface area contributed by atoms with Gasteiger partial charge in [0.15, 0.2) is 0 Å². The molecule has 0 saturated carbocycles. The van der Waals surface area contributed by atoms with Crippen LogP contribution in [0.4, 0.5) is 5.69 Å². The summed E-state index contributed by atoms with van der Waals surface area (Å²) in [6.07, 6.45) is 3.74. The van der Waals surface area contributed by atoms with E-state index in [9.17, 15) is 4.79 Å². The fraction of sp³-hybridized carbons (Fsp3) is 0.318. The van der Waals surface area contributed by atoms with Gasteiger partial charge >= 0.3 is 0 Å². The lowest BCUT2D eigenvalue weighted by Crippen LogP contribution is -2.28. The molecule has 1 atom stereocenters. The maximum Gasteiger partial charge on any atom is 0.261 e. The van der Waals surface area contributed by atoms with Crippen LogP contribution in [0.3, 0.4) is 0 Å². The molecule has 5 nitrogen and oxygen atoms in total. The van der Waals surface area contributed by atoms with E-state index >= 15 is 0 Å². The molecule has 3 rings (SSSR count). The second-order valence-corrected chi connectivity index (χ2v) is 8.00. The molecule has 28 heavy (non-hydrogen) atoms. The molecule has 0 bridgehead atoms. The average Bonchev–Trinajstić information content (AvgIpc) is 3.02. The van der Waals surface area contributed by atoms with Crippen LogP contribution >= 0.6 is 11.8 Å². The van der Waals surface area contributed by atoms with E-state index < -0.39 is 0 Å². The first-order valence-corrected chi connectivity index (χ1v) is 10.2. The number of amides is 1. The third-order valence-electron chi connectivity index (χ3n) is 4.78. The molecule has 0 saturated heterocycles. The number of hydrogen-bond acceptors (Lipinski definition) is 5. The van der Waals surface area contributed by atoms with E-state index in [0.29, 0.717) is 0 Å². The average molecular weight is 395 g/mol. The summed E-state index contributed by atoms with van der Waals surface area (Å²) in [6.45, 7) is 6.95. The van der Waals surface area contributed by atoms with Crippen LogP contribution in [0.5, 0.6) is 0 Å². The minimum atomic E-state index is 0.0316. The molecular weight excluding hydrogens is 368 g/mol. The molecule has 1 aromatic carbocycles. The van der Waals surface area contributed by atoms with Crippen molar-refractivity contribution in [1.82, 2.24) is 14.8 Å². The van der Waals surface area contributed by atoms with Crippen molar-refractivity contribution in [2.24, 2.45) is 4.99 Å². The van der Waals surface area contributed by atoms with E-state index in [1.807, 2.05) is 44.5 Å². The first-order valence-electron chi connectivity index (χ1n) is 9.34. The highest BCUT2D eigenvalue weighted by Crippen LogP contribution is 2.38. The van der Waals surface area contributed by atoms with Gasteiger partial charge < -0.3 is 9.80 Å². The van der Waals surface area contributed by atoms with Crippen molar-refractivity contribution in [3.8, 4) is 11.1 Å². The van der Waals surface area contributed by atoms with Gasteiger partial charge in [-0.3, -0.25) is 14.8 Å². The lowest BCUT2D eigenvalue weighted by molar-refractivity contribution is -0.124. The Kier molecular flexibility index (Phi) is 6.19. The highest BCUT2D eigenvalue weighted by molar-refractivity contribution is 8.05. The fourth-order valence-electron chi connectivity index (χ4n) is 3.19. The Balaban J connectivity index is 1.75. The van der Waals surface area contributed by atoms with Crippen LogP contribution in [-0.2, 0) is 4.79 Å². The summed E-state index contributed by atoms with van der Waals surface area (Å²) in [5.74, 6) is 0.0491. The maximum absolute atomic E-state index is 12.4. The molecule has 1 unspecified atom stereocenters. The minimum absolute atomic E-state index is 0.0316. The topological polar surface area (TPSA) is 48.8 Å². The second-order valence-electron chi connectivity index (χ2n) is 6.87. The van der Waals surface area contributed by atoms with Crippen LogP contribution < -0.4 is 0 Å². The van der Waals surface area contributed by atoms with Gasteiger partial charge in [0.1, 0.15) is 5.37 Å². The van der Waals surface area contributed by atoms with Gasteiger partial charge in [-0.15, -0.1) is 0 Å². The summed E-state index contributed by atoms with van der Waals surface area (Å²) >= 11 is 1.57. The molecule has 0 aliphatic carbocycles. The van der Waals surface area contributed by atoms with Gasteiger partial charge in [-0.1, -0.05) is 30.0 Å². The Labute approximate surface area is 171 Å². The Morgan fingerprint density at radius 1 is 1.25 bits per heavy atom. The molecule has 0 radical (unpaired) electrons. The summed E-state index contributed by atoms with van der Waals surface area (Å²) < 4.78 is 0. The summed E-state index contributed by atoms with van der Waals surface area (Å²) in [5.41, 5.74) is 5.19. The van der Waals surface area contributed by atoms with E-state index in [0.717, 1.165) is 39.7 Å². The van der Waals surface area contributed by atoms with E-state index in [1.54, 1.807) is 30.8 Å². The third-order valence-corrected chi connectivity index (χ3v) is 6.11. The Hall–Kier alpha value is -2.60. The van der Waals surface area contributed by atoms with Crippen molar-refractivity contribution < 1.29 is 4.79 Å². The van der Waals surface area contributed by atoms with E-state index in [4.69, 9.17) is 0 Å². The monoisotopic (exact) mass is 394 g/mol. The molecule has 1 amide bonds. The molecule has 1 aliphatic rings. The zero-order valence-electron chi connectivity index (χ0n) is 17.0. The predicted molar refractivity (Wildman–Crippen MR) is 118 cm³/mol. The zero-order chi connectivity index (χ0) is 20.3. The standard InChI is InChI=1S/C22H26N4OS/c1-6-26-16(3)21(22(27)25(4)5)28-20(26)14-24-18-11-9-17(10-12-18)19-8-7-13-23-15(19)2/h7-14,20H,6H2,1-5H3. The molecule has 146 valence electrons. The molecule has 6 heteroatoms. The number of rotatable bonds is 5. The summed E-state index contributed by atoms with van der Waals surface area (Å²) in [5, 5.41) is 0.0316. The Morgan fingerprint density at radius 2 is 1.96 bits per heavy atom. The SMILES string of the molecule is CCN1C(C)=C(C(=O)N(C)C)SC1C=Nc1ccc(-c2cccnc2C)cc1. The first-order chi connectivity index (χ1) is 13.4. The largest absolute Gasteiger partial charge is 0.357 e. The van der Waals surface area contributed by atoms with E-state index in [1.165, 1.54) is 0 Å². The van der Waals surface area contributed by atoms with Gasteiger partial charge in [0.2, 0.25) is 0 Å². The van der Waals surface area contributed by atoms with Gasteiger partial charge in [0, 0.05) is 50.0 Å². The van der Waals surface area contributed by atoms with Gasteiger partial charge in [-0.25, -0.2) is 0 Å². The molecular formula is C22H26N4OS. The number of likely N-dealkylation sites (N-methyl/N-ethyl adjacent to an activating group) is 1. The fourth-order valence-corrected chi connectivity index (χ4v) is 4.56. The van der Waals surface area contributed by atoms with Crippen molar-refractivity contribution in [3.05, 3.63) is 58.9 Å². The van der Waals surface area contributed by atoms with Gasteiger partial charge in [-0.2, -0.15) is 0 Å². The van der Waals surface area contributed by atoms with Crippen LogP contribution in [-0.4, -0.2) is 52.9 Å². The van der Waals surface area contributed by atoms with Crippen molar-refractivity contribution >= 4 is 29.6 Å². The highest BCUT2D eigenvalue weighted by atomic mass is 32.2. The summed E-state index contributed by atoms with van der Waals surface area (Å²) in [4.78, 5) is 26.0. The zero-order valence-corrected chi connectivity index (χ0v) is 17.8. The van der Waals surface area contributed by atoms with Crippen LogP contribution in [0.1, 0.15) is 19.5 Å². The van der Waals surface area contributed by atoms with Gasteiger partial charge in [-0.05, 0) is 44.5 Å². The number of thioether (sulfide) groups is 1. The van der Waals surface area contributed by atoms with Crippen molar-refractivity contribution in [2.45, 2.75) is 26.1 Å². The minimum Gasteiger partial charge on any atom is -0.357 e. The van der Waals surface area contributed by atoms with Gasteiger partial charge in [0.25, 0.3) is 5.91 Å². The van der Waals surface area contributed by atoms with Gasteiger partial charge in [0.05, 0.1) is 10.6 Å². The Morgan fingerprint density at radius 3 is 2.57 bits per heavy atom. The summed E-state index contributed by atoms with van der Waals surface area (Å²) in [6, 6.07) is 12.2. The third kappa shape index (κ3) is 4.12. The van der Waals surface area contributed by atoms with Crippen LogP contribution in [0, 0.1) is 6.92 Å². The summed E-state index contributed by atoms with van der Waals surface area (Å²) in [7, 11) is 3.57. The van der Waals surface area contributed by atoms with Crippen molar-refractivity contribution in [2.75, 3.05) is 20.6 Å². The quantitative estimate of drug-likeness (QED) is 0.702. The molecule has 1 aliphatic heterocycles. The van der Waals surface area contributed by atoms with Crippen molar-refractivity contribution in [3.63, 3.8) is 0 Å². The number of aromatic nitrogens is 1. The number of pyridine rings is 1. The number of hydrogen-bond donors (Lipinski definition) is 0. The predicted octanol–water partition coefficient (Wildman–Crippen LogP) is 4.47. The van der Waals surface area contributed by atoms with Crippen LogP contribution in [0.25, 0.3) is 11.1 Å². The molecule has 2 heterocycles. The van der Waals surface area contributed by atoms with Crippen LogP contribution in [0.2, 0.25) is 0 Å². The molecule has 0 fully saturated rings. The second kappa shape index (κ2) is 8.61.